The van der Waals surface area contributed by atoms with Gasteiger partial charge in [-0.25, -0.2) is 9.97 Å². The number of aromatic nitrogens is 3. The van der Waals surface area contributed by atoms with E-state index in [4.69, 9.17) is 5.73 Å². The molecule has 0 aliphatic heterocycles. The number of anilines is 1. The maximum atomic E-state index is 13.2. The van der Waals surface area contributed by atoms with Gasteiger partial charge in [0.1, 0.15) is 17.3 Å². The van der Waals surface area contributed by atoms with Gasteiger partial charge < -0.3 is 10.7 Å². The highest BCUT2D eigenvalue weighted by atomic mass is 19.1. The van der Waals surface area contributed by atoms with Gasteiger partial charge in [-0.2, -0.15) is 4.39 Å². The van der Waals surface area contributed by atoms with E-state index in [0.29, 0.717) is 22.9 Å². The number of imidazole rings is 1. The molecule has 0 unspecified atom stereocenters. The number of halogens is 1. The van der Waals surface area contributed by atoms with Crippen molar-refractivity contribution in [2.75, 3.05) is 5.73 Å². The SMILES string of the molecule is Cc1nc(F)c(-c2ccc(N)nc2)[nH]1. The third-order valence-corrected chi connectivity index (χ3v) is 1.85. The summed E-state index contributed by atoms with van der Waals surface area (Å²) in [5.41, 5.74) is 6.40. The fourth-order valence-corrected chi connectivity index (χ4v) is 1.21. The Kier molecular flexibility index (Phi) is 1.92. The zero-order valence-corrected chi connectivity index (χ0v) is 7.58. The van der Waals surface area contributed by atoms with E-state index in [2.05, 4.69) is 15.0 Å². The van der Waals surface area contributed by atoms with E-state index >= 15 is 0 Å². The van der Waals surface area contributed by atoms with E-state index in [0.717, 1.165) is 0 Å². The van der Waals surface area contributed by atoms with Crippen LogP contribution < -0.4 is 5.73 Å². The highest BCUT2D eigenvalue weighted by Crippen LogP contribution is 2.19. The molecule has 0 saturated carbocycles. The average molecular weight is 192 g/mol. The minimum atomic E-state index is -0.519. The van der Waals surface area contributed by atoms with Gasteiger partial charge in [-0.3, -0.25) is 0 Å². The first-order valence-corrected chi connectivity index (χ1v) is 4.11. The normalized spacial score (nSPS) is 10.4. The van der Waals surface area contributed by atoms with Crippen LogP contribution in [0.2, 0.25) is 0 Å². The quantitative estimate of drug-likeness (QED) is 0.719. The molecule has 0 saturated heterocycles. The molecule has 0 atom stereocenters. The fourth-order valence-electron chi connectivity index (χ4n) is 1.21. The molecule has 2 rings (SSSR count). The highest BCUT2D eigenvalue weighted by Gasteiger charge is 2.09. The lowest BCUT2D eigenvalue weighted by molar-refractivity contribution is 0.592. The van der Waals surface area contributed by atoms with Crippen LogP contribution in [0.25, 0.3) is 11.3 Å². The second kappa shape index (κ2) is 3.10. The zero-order valence-electron chi connectivity index (χ0n) is 7.58. The minimum absolute atomic E-state index is 0.343. The molecule has 14 heavy (non-hydrogen) atoms. The Bertz CT molecular complexity index is 446. The molecule has 2 aromatic heterocycles. The van der Waals surface area contributed by atoms with Crippen LogP contribution in [0.5, 0.6) is 0 Å². The topological polar surface area (TPSA) is 67.6 Å². The van der Waals surface area contributed by atoms with Crippen molar-refractivity contribution in [1.82, 2.24) is 15.0 Å². The number of pyridine rings is 1. The maximum Gasteiger partial charge on any atom is 0.238 e. The van der Waals surface area contributed by atoms with Gasteiger partial charge in [0.25, 0.3) is 0 Å². The molecule has 0 fully saturated rings. The Morgan fingerprint density at radius 3 is 2.71 bits per heavy atom. The van der Waals surface area contributed by atoms with Gasteiger partial charge in [0.15, 0.2) is 0 Å². The van der Waals surface area contributed by atoms with Gasteiger partial charge in [0.05, 0.1) is 0 Å². The Hall–Kier alpha value is -1.91. The number of hydrogen-bond acceptors (Lipinski definition) is 3. The zero-order chi connectivity index (χ0) is 10.1. The first-order valence-electron chi connectivity index (χ1n) is 4.11. The van der Waals surface area contributed by atoms with E-state index < -0.39 is 5.95 Å². The molecule has 2 heterocycles. The van der Waals surface area contributed by atoms with Crippen molar-refractivity contribution in [3.8, 4) is 11.3 Å². The lowest BCUT2D eigenvalue weighted by Gasteiger charge is -1.97. The lowest BCUT2D eigenvalue weighted by atomic mass is 10.2. The van der Waals surface area contributed by atoms with Crippen LogP contribution >= 0.6 is 0 Å². The lowest BCUT2D eigenvalue weighted by Crippen LogP contribution is -1.90. The maximum absolute atomic E-state index is 13.2. The van der Waals surface area contributed by atoms with Gasteiger partial charge in [0, 0.05) is 11.8 Å². The molecule has 3 N–H and O–H groups in total. The second-order valence-corrected chi connectivity index (χ2v) is 2.96. The number of aryl methyl sites for hydroxylation is 1. The number of aromatic amines is 1. The van der Waals surface area contributed by atoms with Crippen LogP contribution in [0.4, 0.5) is 10.2 Å². The summed E-state index contributed by atoms with van der Waals surface area (Å²) in [4.78, 5) is 10.3. The summed E-state index contributed by atoms with van der Waals surface area (Å²) >= 11 is 0. The summed E-state index contributed by atoms with van der Waals surface area (Å²) in [6, 6.07) is 3.31. The Balaban J connectivity index is 2.49. The van der Waals surface area contributed by atoms with E-state index in [-0.39, 0.29) is 0 Å². The average Bonchev–Trinajstić information content (AvgIpc) is 2.47. The molecule has 0 aliphatic carbocycles. The Labute approximate surface area is 80.0 Å². The molecule has 2 aromatic rings. The first kappa shape index (κ1) is 8.68. The third kappa shape index (κ3) is 1.44. The van der Waals surface area contributed by atoms with E-state index in [1.165, 1.54) is 6.20 Å². The molecule has 4 nitrogen and oxygen atoms in total. The summed E-state index contributed by atoms with van der Waals surface area (Å²) in [5.74, 6) is 0.425. The molecule has 0 aromatic carbocycles. The van der Waals surface area contributed by atoms with E-state index in [1.54, 1.807) is 19.1 Å². The number of rotatable bonds is 1. The minimum Gasteiger partial charge on any atom is -0.384 e. The van der Waals surface area contributed by atoms with E-state index in [1.807, 2.05) is 0 Å². The van der Waals surface area contributed by atoms with Gasteiger partial charge in [-0.1, -0.05) is 0 Å². The highest BCUT2D eigenvalue weighted by molar-refractivity contribution is 5.59. The summed E-state index contributed by atoms with van der Waals surface area (Å²) in [5, 5.41) is 0. The molecule has 0 spiro atoms. The number of nitrogen functional groups attached to an aromatic ring is 1. The van der Waals surface area contributed by atoms with E-state index in [9.17, 15) is 4.39 Å². The number of nitrogens with one attached hydrogen (secondary N) is 1. The Morgan fingerprint density at radius 2 is 2.21 bits per heavy atom. The van der Waals surface area contributed by atoms with Crippen molar-refractivity contribution >= 4 is 5.82 Å². The summed E-state index contributed by atoms with van der Waals surface area (Å²) < 4.78 is 13.2. The van der Waals surface area contributed by atoms with Gasteiger partial charge >= 0.3 is 0 Å². The molecule has 5 heteroatoms. The third-order valence-electron chi connectivity index (χ3n) is 1.85. The fraction of sp³-hybridized carbons (Fsp3) is 0.111. The largest absolute Gasteiger partial charge is 0.384 e. The number of nitrogens with zero attached hydrogens (tertiary/aromatic N) is 2. The van der Waals surface area contributed by atoms with Crippen molar-refractivity contribution in [1.29, 1.82) is 0 Å². The number of H-pyrrole nitrogens is 1. The molecule has 0 aliphatic rings. The summed E-state index contributed by atoms with van der Waals surface area (Å²) in [6.45, 7) is 1.69. The van der Waals surface area contributed by atoms with Crippen molar-refractivity contribution in [3.05, 3.63) is 30.1 Å². The van der Waals surface area contributed by atoms with Crippen molar-refractivity contribution in [2.45, 2.75) is 6.92 Å². The monoisotopic (exact) mass is 192 g/mol. The Morgan fingerprint density at radius 1 is 1.43 bits per heavy atom. The predicted molar refractivity (Wildman–Crippen MR) is 50.9 cm³/mol. The number of nitrogens with two attached hydrogens (primary N) is 1. The van der Waals surface area contributed by atoms with Crippen LogP contribution in [0.3, 0.4) is 0 Å². The number of hydrogen-bond donors (Lipinski definition) is 2. The molecule has 0 bridgehead atoms. The van der Waals surface area contributed by atoms with Crippen LogP contribution in [0.15, 0.2) is 18.3 Å². The molecule has 0 radical (unpaired) electrons. The van der Waals surface area contributed by atoms with Crippen molar-refractivity contribution in [3.63, 3.8) is 0 Å². The van der Waals surface area contributed by atoms with Crippen molar-refractivity contribution in [2.24, 2.45) is 0 Å². The molecule has 0 amide bonds. The van der Waals surface area contributed by atoms with Crippen LogP contribution in [0.1, 0.15) is 5.82 Å². The molecular formula is C9H9FN4. The molecular weight excluding hydrogens is 183 g/mol. The van der Waals surface area contributed by atoms with Gasteiger partial charge in [0.2, 0.25) is 5.95 Å². The van der Waals surface area contributed by atoms with Gasteiger partial charge in [-0.15, -0.1) is 0 Å². The second-order valence-electron chi connectivity index (χ2n) is 2.96. The first-order chi connectivity index (χ1) is 6.66. The summed E-state index contributed by atoms with van der Waals surface area (Å²) in [6.07, 6.45) is 1.51. The van der Waals surface area contributed by atoms with Crippen molar-refractivity contribution < 1.29 is 4.39 Å². The van der Waals surface area contributed by atoms with Crippen LogP contribution in [-0.4, -0.2) is 15.0 Å². The van der Waals surface area contributed by atoms with Gasteiger partial charge in [-0.05, 0) is 19.1 Å². The predicted octanol–water partition coefficient (Wildman–Crippen LogP) is 1.50. The standard InChI is InChI=1S/C9H9FN4/c1-5-13-8(9(10)14-5)6-2-3-7(11)12-4-6/h2-4H,1H3,(H2,11,12)(H,13,14). The van der Waals surface area contributed by atoms with Crippen LogP contribution in [-0.2, 0) is 0 Å². The molecule has 72 valence electrons. The smallest absolute Gasteiger partial charge is 0.238 e. The summed E-state index contributed by atoms with van der Waals surface area (Å²) in [7, 11) is 0. The van der Waals surface area contributed by atoms with Crippen LogP contribution in [0, 0.1) is 12.9 Å².